The summed E-state index contributed by atoms with van der Waals surface area (Å²) in [5, 5.41) is 11.0. The lowest BCUT2D eigenvalue weighted by Crippen LogP contribution is -1.93. The highest BCUT2D eigenvalue weighted by atomic mass is 79.9. The van der Waals surface area contributed by atoms with Crippen molar-refractivity contribution in [1.82, 2.24) is 0 Å². The predicted octanol–water partition coefficient (Wildman–Crippen LogP) is 1.92. The van der Waals surface area contributed by atoms with E-state index in [-0.39, 0.29) is 5.69 Å². The molecule has 14 heavy (non-hydrogen) atoms. The molecule has 72 valence electrons. The number of hydrogen-bond acceptors (Lipinski definition) is 3. The Morgan fingerprint density at radius 1 is 1.57 bits per heavy atom. The molecule has 2 N–H and O–H groups in total. The van der Waals surface area contributed by atoms with Crippen LogP contribution in [-0.4, -0.2) is 10.3 Å². The Bertz CT molecular complexity index is 421. The molecule has 0 aliphatic heterocycles. The molecule has 1 aromatic rings. The van der Waals surface area contributed by atoms with E-state index in [1.807, 2.05) is 0 Å². The Labute approximate surface area is 89.4 Å². The van der Waals surface area contributed by atoms with Crippen LogP contribution < -0.4 is 5.73 Å². The first kappa shape index (κ1) is 10.5. The molecule has 0 bridgehead atoms. The van der Waals surface area contributed by atoms with Gasteiger partial charge in [0.05, 0.1) is 15.8 Å². The van der Waals surface area contributed by atoms with Crippen molar-refractivity contribution in [2.24, 2.45) is 0 Å². The van der Waals surface area contributed by atoms with Crippen molar-refractivity contribution >= 4 is 27.3 Å². The highest BCUT2D eigenvalue weighted by Gasteiger charge is 2.06. The molecule has 0 radical (unpaired) electrons. The highest BCUT2D eigenvalue weighted by Crippen LogP contribution is 2.18. The van der Waals surface area contributed by atoms with Gasteiger partial charge in [-0.15, -0.1) is 0 Å². The molecular formula is C9H7BrN2O2. The molecule has 0 amide bonds. The van der Waals surface area contributed by atoms with Crippen molar-refractivity contribution in [2.45, 2.75) is 0 Å². The van der Waals surface area contributed by atoms with Crippen molar-refractivity contribution < 1.29 is 4.92 Å². The second-order valence-corrected chi connectivity index (χ2v) is 3.02. The number of nitrogen functional groups attached to an aromatic ring is 1. The summed E-state index contributed by atoms with van der Waals surface area (Å²) in [5.41, 5.74) is 6.52. The normalized spacial score (nSPS) is 8.93. The van der Waals surface area contributed by atoms with Gasteiger partial charge < -0.3 is 5.73 Å². The molecule has 0 heterocycles. The fourth-order valence-corrected chi connectivity index (χ4v) is 1.03. The zero-order valence-corrected chi connectivity index (χ0v) is 8.74. The van der Waals surface area contributed by atoms with Crippen LogP contribution in [0.2, 0.25) is 0 Å². The topological polar surface area (TPSA) is 69.2 Å². The fourth-order valence-electron chi connectivity index (χ4n) is 0.895. The average molecular weight is 255 g/mol. The van der Waals surface area contributed by atoms with Crippen LogP contribution >= 0.6 is 15.9 Å². The van der Waals surface area contributed by atoms with Crippen molar-refractivity contribution in [3.05, 3.63) is 33.9 Å². The summed E-state index contributed by atoms with van der Waals surface area (Å²) in [7, 11) is 0. The molecule has 1 aromatic carbocycles. The number of benzene rings is 1. The van der Waals surface area contributed by atoms with Crippen LogP contribution in [0.3, 0.4) is 0 Å². The third-order valence-corrected chi connectivity index (χ3v) is 1.82. The smallest absolute Gasteiger partial charge is 0.270 e. The van der Waals surface area contributed by atoms with E-state index in [0.717, 1.165) is 0 Å². The van der Waals surface area contributed by atoms with Gasteiger partial charge in [0.15, 0.2) is 0 Å². The van der Waals surface area contributed by atoms with Gasteiger partial charge in [-0.25, -0.2) is 0 Å². The SMILES string of the molecule is Nc1ccc([N+](=O)[O-])cc1C#CCBr. The van der Waals surface area contributed by atoms with Gasteiger partial charge in [-0.2, -0.15) is 0 Å². The van der Waals surface area contributed by atoms with Gasteiger partial charge in [-0.1, -0.05) is 27.8 Å². The van der Waals surface area contributed by atoms with Crippen LogP contribution in [0.15, 0.2) is 18.2 Å². The lowest BCUT2D eigenvalue weighted by molar-refractivity contribution is -0.384. The zero-order valence-electron chi connectivity index (χ0n) is 7.16. The van der Waals surface area contributed by atoms with E-state index < -0.39 is 4.92 Å². The number of alkyl halides is 1. The molecule has 0 fully saturated rings. The summed E-state index contributed by atoms with van der Waals surface area (Å²) in [5.74, 6) is 5.47. The Balaban J connectivity index is 3.14. The van der Waals surface area contributed by atoms with Gasteiger partial charge in [0.1, 0.15) is 0 Å². The van der Waals surface area contributed by atoms with Gasteiger partial charge in [0.25, 0.3) is 5.69 Å². The Kier molecular flexibility index (Phi) is 3.48. The number of anilines is 1. The Morgan fingerprint density at radius 3 is 2.86 bits per heavy atom. The van der Waals surface area contributed by atoms with Crippen LogP contribution in [0.1, 0.15) is 5.56 Å². The number of halogens is 1. The van der Waals surface area contributed by atoms with E-state index in [4.69, 9.17) is 5.73 Å². The first-order valence-corrected chi connectivity index (χ1v) is 4.86. The summed E-state index contributed by atoms with van der Waals surface area (Å²) in [6.45, 7) is 0. The third-order valence-electron chi connectivity index (χ3n) is 1.54. The molecule has 4 nitrogen and oxygen atoms in total. The van der Waals surface area contributed by atoms with E-state index in [0.29, 0.717) is 16.6 Å². The van der Waals surface area contributed by atoms with E-state index >= 15 is 0 Å². The number of rotatable bonds is 1. The number of nitrogens with two attached hydrogens (primary N) is 1. The second-order valence-electron chi connectivity index (χ2n) is 2.46. The summed E-state index contributed by atoms with van der Waals surface area (Å²) < 4.78 is 0. The molecule has 0 aromatic heterocycles. The zero-order chi connectivity index (χ0) is 10.6. The minimum atomic E-state index is -0.473. The van der Waals surface area contributed by atoms with Crippen molar-refractivity contribution in [3.63, 3.8) is 0 Å². The molecular weight excluding hydrogens is 248 g/mol. The molecule has 0 spiro atoms. The number of non-ortho nitro benzene ring substituents is 1. The van der Waals surface area contributed by atoms with Gasteiger partial charge in [0, 0.05) is 17.8 Å². The minimum Gasteiger partial charge on any atom is -0.398 e. The molecule has 5 heteroatoms. The van der Waals surface area contributed by atoms with Gasteiger partial charge in [-0.05, 0) is 6.07 Å². The van der Waals surface area contributed by atoms with Crippen LogP contribution in [0, 0.1) is 22.0 Å². The second kappa shape index (κ2) is 4.63. The molecule has 0 aliphatic rings. The van der Waals surface area contributed by atoms with Crippen LogP contribution in [0.5, 0.6) is 0 Å². The maximum Gasteiger partial charge on any atom is 0.270 e. The molecule has 0 aliphatic carbocycles. The summed E-state index contributed by atoms with van der Waals surface area (Å²) in [6.07, 6.45) is 0. The largest absolute Gasteiger partial charge is 0.398 e. The van der Waals surface area contributed by atoms with Crippen LogP contribution in [-0.2, 0) is 0 Å². The summed E-state index contributed by atoms with van der Waals surface area (Å²) in [4.78, 5) is 9.97. The van der Waals surface area contributed by atoms with E-state index in [9.17, 15) is 10.1 Å². The monoisotopic (exact) mass is 254 g/mol. The lowest BCUT2D eigenvalue weighted by Gasteiger charge is -1.97. The van der Waals surface area contributed by atoms with E-state index in [1.165, 1.54) is 18.2 Å². The maximum atomic E-state index is 10.4. The number of nitrogens with zero attached hydrogens (tertiary/aromatic N) is 1. The fraction of sp³-hybridized carbons (Fsp3) is 0.111. The first-order chi connectivity index (χ1) is 6.65. The number of nitro groups is 1. The van der Waals surface area contributed by atoms with E-state index in [1.54, 1.807) is 0 Å². The van der Waals surface area contributed by atoms with Crippen molar-refractivity contribution in [2.75, 3.05) is 11.1 Å². The van der Waals surface area contributed by atoms with Gasteiger partial charge in [0.2, 0.25) is 0 Å². The number of hydrogen-bond donors (Lipinski definition) is 1. The van der Waals surface area contributed by atoms with Gasteiger partial charge >= 0.3 is 0 Å². The number of nitro benzene ring substituents is 1. The maximum absolute atomic E-state index is 10.4. The first-order valence-electron chi connectivity index (χ1n) is 3.74. The van der Waals surface area contributed by atoms with Crippen LogP contribution in [0.25, 0.3) is 0 Å². The lowest BCUT2D eigenvalue weighted by atomic mass is 10.1. The van der Waals surface area contributed by atoms with E-state index in [2.05, 4.69) is 27.8 Å². The van der Waals surface area contributed by atoms with Crippen molar-refractivity contribution in [3.8, 4) is 11.8 Å². The van der Waals surface area contributed by atoms with Crippen molar-refractivity contribution in [1.29, 1.82) is 0 Å². The summed E-state index contributed by atoms with van der Waals surface area (Å²) >= 11 is 3.13. The van der Waals surface area contributed by atoms with Crippen LogP contribution in [0.4, 0.5) is 11.4 Å². The Hall–Kier alpha value is -1.54. The molecule has 0 saturated carbocycles. The minimum absolute atomic E-state index is 0.00178. The standard InChI is InChI=1S/C9H7BrN2O2/c10-5-1-2-7-6-8(12(13)14)3-4-9(7)11/h3-4,6H,5,11H2. The quantitative estimate of drug-likeness (QED) is 0.274. The Morgan fingerprint density at radius 2 is 2.29 bits per heavy atom. The highest BCUT2D eigenvalue weighted by molar-refractivity contribution is 9.09. The molecule has 1 rings (SSSR count). The third kappa shape index (κ3) is 2.47. The predicted molar refractivity (Wildman–Crippen MR) is 58.2 cm³/mol. The molecule has 0 unspecified atom stereocenters. The molecule has 0 atom stereocenters. The average Bonchev–Trinajstić information content (AvgIpc) is 2.16. The molecule has 0 saturated heterocycles. The van der Waals surface area contributed by atoms with Gasteiger partial charge in [-0.3, -0.25) is 10.1 Å². The summed E-state index contributed by atoms with van der Waals surface area (Å²) in [6, 6.07) is 4.20.